The maximum atomic E-state index is 11.8. The number of nitrogens with two attached hydrogens (primary N) is 1. The van der Waals surface area contributed by atoms with E-state index in [0.29, 0.717) is 10.8 Å². The minimum Gasteiger partial charge on any atom is -0.325 e. The van der Waals surface area contributed by atoms with E-state index < -0.39 is 6.04 Å². The van der Waals surface area contributed by atoms with Gasteiger partial charge in [-0.15, -0.1) is 0 Å². The van der Waals surface area contributed by atoms with Crippen LogP contribution in [0.25, 0.3) is 0 Å². The predicted molar refractivity (Wildman–Crippen MR) is 65.3 cm³/mol. The summed E-state index contributed by atoms with van der Waals surface area (Å²) in [4.78, 5) is 15.6. The molecule has 88 valence electrons. The van der Waals surface area contributed by atoms with Crippen molar-refractivity contribution in [3.63, 3.8) is 0 Å². The number of carbonyl (C=O) groups is 1. The molecule has 4 nitrogen and oxygen atoms in total. The van der Waals surface area contributed by atoms with E-state index in [1.54, 1.807) is 12.1 Å². The number of carbonyl (C=O) groups excluding carboxylic acids is 1. The van der Waals surface area contributed by atoms with Gasteiger partial charge in [0.05, 0.1) is 6.04 Å². The summed E-state index contributed by atoms with van der Waals surface area (Å²) in [6.07, 6.45) is 1.53. The van der Waals surface area contributed by atoms with Crippen LogP contribution in [0.15, 0.2) is 18.3 Å². The second kappa shape index (κ2) is 4.80. The maximum Gasteiger partial charge on any atom is 0.241 e. The summed E-state index contributed by atoms with van der Waals surface area (Å²) >= 11 is 5.70. The summed E-state index contributed by atoms with van der Waals surface area (Å²) in [5.74, 6) is -0.227. The highest BCUT2D eigenvalue weighted by Gasteiger charge is 2.27. The van der Waals surface area contributed by atoms with E-state index in [1.165, 1.54) is 6.20 Å². The van der Waals surface area contributed by atoms with Gasteiger partial charge in [0.25, 0.3) is 0 Å². The predicted octanol–water partition coefficient (Wildman–Crippen LogP) is 2.05. The Morgan fingerprint density at radius 1 is 1.56 bits per heavy atom. The first-order valence-corrected chi connectivity index (χ1v) is 5.36. The third-order valence-electron chi connectivity index (χ3n) is 2.21. The van der Waals surface area contributed by atoms with Crippen molar-refractivity contribution >= 4 is 23.2 Å². The lowest BCUT2D eigenvalue weighted by atomic mass is 9.87. The summed E-state index contributed by atoms with van der Waals surface area (Å²) < 4.78 is 0. The molecule has 1 aromatic rings. The number of anilines is 1. The molecule has 5 heteroatoms. The van der Waals surface area contributed by atoms with Gasteiger partial charge in [-0.3, -0.25) is 4.79 Å². The van der Waals surface area contributed by atoms with Gasteiger partial charge in [0.1, 0.15) is 5.15 Å². The van der Waals surface area contributed by atoms with Gasteiger partial charge in [0, 0.05) is 11.9 Å². The van der Waals surface area contributed by atoms with Crippen molar-refractivity contribution < 1.29 is 4.79 Å². The van der Waals surface area contributed by atoms with Crippen molar-refractivity contribution in [3.8, 4) is 0 Å². The number of rotatable bonds is 2. The smallest absolute Gasteiger partial charge is 0.241 e. The molecule has 0 saturated carbocycles. The number of hydrogen-bond acceptors (Lipinski definition) is 3. The van der Waals surface area contributed by atoms with E-state index in [1.807, 2.05) is 20.8 Å². The number of halogens is 1. The van der Waals surface area contributed by atoms with Gasteiger partial charge in [-0.25, -0.2) is 4.98 Å². The number of nitrogens with zero attached hydrogens (tertiary/aromatic N) is 1. The van der Waals surface area contributed by atoms with Gasteiger partial charge in [-0.05, 0) is 17.5 Å². The Hall–Kier alpha value is -1.13. The first-order valence-electron chi connectivity index (χ1n) is 4.98. The van der Waals surface area contributed by atoms with E-state index in [4.69, 9.17) is 17.3 Å². The zero-order chi connectivity index (χ0) is 12.3. The monoisotopic (exact) mass is 241 g/mol. The van der Waals surface area contributed by atoms with Crippen molar-refractivity contribution in [1.29, 1.82) is 0 Å². The molecule has 0 aliphatic carbocycles. The third-order valence-corrected chi connectivity index (χ3v) is 2.42. The molecule has 16 heavy (non-hydrogen) atoms. The Morgan fingerprint density at radius 2 is 2.19 bits per heavy atom. The fourth-order valence-electron chi connectivity index (χ4n) is 1.09. The zero-order valence-electron chi connectivity index (χ0n) is 9.62. The minimum atomic E-state index is -0.570. The number of amides is 1. The molecule has 1 heterocycles. The molecule has 0 spiro atoms. The number of hydrogen-bond donors (Lipinski definition) is 2. The van der Waals surface area contributed by atoms with Crippen molar-refractivity contribution in [2.75, 3.05) is 5.32 Å². The Labute approximate surface area is 100 Å². The average molecular weight is 242 g/mol. The summed E-state index contributed by atoms with van der Waals surface area (Å²) in [5, 5.41) is 3.04. The van der Waals surface area contributed by atoms with Crippen molar-refractivity contribution in [3.05, 3.63) is 23.5 Å². The maximum absolute atomic E-state index is 11.8. The first kappa shape index (κ1) is 12.9. The highest BCUT2D eigenvalue weighted by Crippen LogP contribution is 2.19. The van der Waals surface area contributed by atoms with Crippen molar-refractivity contribution in [2.45, 2.75) is 26.8 Å². The van der Waals surface area contributed by atoms with Gasteiger partial charge in [0.15, 0.2) is 0 Å². The number of nitrogens with one attached hydrogen (secondary N) is 1. The molecule has 0 saturated heterocycles. The topological polar surface area (TPSA) is 68.0 Å². The summed E-state index contributed by atoms with van der Waals surface area (Å²) in [6.45, 7) is 5.74. The molecule has 1 atom stereocenters. The molecule has 1 amide bonds. The van der Waals surface area contributed by atoms with Crippen LogP contribution >= 0.6 is 11.6 Å². The lowest BCUT2D eigenvalue weighted by Gasteiger charge is -2.25. The second-order valence-corrected chi connectivity index (χ2v) is 5.09. The molecule has 1 aromatic heterocycles. The van der Waals surface area contributed by atoms with Crippen LogP contribution in [0.1, 0.15) is 20.8 Å². The van der Waals surface area contributed by atoms with Crippen molar-refractivity contribution in [1.82, 2.24) is 4.98 Å². The van der Waals surface area contributed by atoms with Crippen LogP contribution in [0.3, 0.4) is 0 Å². The largest absolute Gasteiger partial charge is 0.325 e. The summed E-state index contributed by atoms with van der Waals surface area (Å²) in [7, 11) is 0. The van der Waals surface area contributed by atoms with Crippen molar-refractivity contribution in [2.24, 2.45) is 11.1 Å². The van der Waals surface area contributed by atoms with Crippen LogP contribution in [-0.2, 0) is 4.79 Å². The highest BCUT2D eigenvalue weighted by atomic mass is 35.5. The fraction of sp³-hybridized carbons (Fsp3) is 0.455. The van der Waals surface area contributed by atoms with Gasteiger partial charge in [-0.2, -0.15) is 0 Å². The normalized spacial score (nSPS) is 13.3. The second-order valence-electron chi connectivity index (χ2n) is 4.70. The molecule has 0 aliphatic rings. The van der Waals surface area contributed by atoms with Crippen LogP contribution in [0.5, 0.6) is 0 Å². The van der Waals surface area contributed by atoms with E-state index in [-0.39, 0.29) is 11.3 Å². The molecule has 3 N–H and O–H groups in total. The quantitative estimate of drug-likeness (QED) is 0.779. The Balaban J connectivity index is 2.72. The molecule has 1 rings (SSSR count). The SMILES string of the molecule is CC(C)(C)[C@@H](N)C(=O)Nc1ccnc(Cl)c1. The van der Waals surface area contributed by atoms with Crippen LogP contribution < -0.4 is 11.1 Å². The van der Waals surface area contributed by atoms with E-state index in [9.17, 15) is 4.79 Å². The van der Waals surface area contributed by atoms with Gasteiger partial charge in [-0.1, -0.05) is 32.4 Å². The van der Waals surface area contributed by atoms with E-state index in [2.05, 4.69) is 10.3 Å². The molecular formula is C11H16ClN3O. The Bertz CT molecular complexity index is 387. The molecule has 0 bridgehead atoms. The molecule has 0 fully saturated rings. The number of pyridine rings is 1. The van der Waals surface area contributed by atoms with Crippen LogP contribution in [0.2, 0.25) is 5.15 Å². The standard InChI is InChI=1S/C11H16ClN3O/c1-11(2,3)9(13)10(16)15-7-4-5-14-8(12)6-7/h4-6,9H,13H2,1-3H3,(H,14,15,16)/t9-/m0/s1. The lowest BCUT2D eigenvalue weighted by molar-refractivity contribution is -0.119. The molecule has 0 unspecified atom stereocenters. The summed E-state index contributed by atoms with van der Waals surface area (Å²) in [6, 6.07) is 2.67. The van der Waals surface area contributed by atoms with Crippen LogP contribution in [0, 0.1) is 5.41 Å². The summed E-state index contributed by atoms with van der Waals surface area (Å²) in [5.41, 5.74) is 6.14. The van der Waals surface area contributed by atoms with Gasteiger partial charge >= 0.3 is 0 Å². The zero-order valence-corrected chi connectivity index (χ0v) is 10.4. The Kier molecular flexibility index (Phi) is 3.88. The molecule has 0 aromatic carbocycles. The van der Waals surface area contributed by atoms with Crippen LogP contribution in [0.4, 0.5) is 5.69 Å². The fourth-order valence-corrected chi connectivity index (χ4v) is 1.27. The molecule has 0 radical (unpaired) electrons. The first-order chi connectivity index (χ1) is 7.30. The van der Waals surface area contributed by atoms with Gasteiger partial charge < -0.3 is 11.1 Å². The Morgan fingerprint density at radius 3 is 2.69 bits per heavy atom. The van der Waals surface area contributed by atoms with E-state index >= 15 is 0 Å². The van der Waals surface area contributed by atoms with Crippen LogP contribution in [-0.4, -0.2) is 16.9 Å². The molecule has 0 aliphatic heterocycles. The minimum absolute atomic E-state index is 0.227. The molecular weight excluding hydrogens is 226 g/mol. The third kappa shape index (κ3) is 3.47. The number of aromatic nitrogens is 1. The van der Waals surface area contributed by atoms with E-state index in [0.717, 1.165) is 0 Å². The highest BCUT2D eigenvalue weighted by molar-refractivity contribution is 6.29. The average Bonchev–Trinajstić information content (AvgIpc) is 2.15. The van der Waals surface area contributed by atoms with Gasteiger partial charge in [0.2, 0.25) is 5.91 Å². The lowest BCUT2D eigenvalue weighted by Crippen LogP contribution is -2.45.